The maximum absolute atomic E-state index is 14.2. The van der Waals surface area contributed by atoms with E-state index in [2.05, 4.69) is 0 Å². The van der Waals surface area contributed by atoms with Gasteiger partial charge < -0.3 is 10.6 Å². The van der Waals surface area contributed by atoms with Gasteiger partial charge in [-0.15, -0.1) is 0 Å². The van der Waals surface area contributed by atoms with Crippen molar-refractivity contribution in [2.75, 3.05) is 11.4 Å². The highest BCUT2D eigenvalue weighted by molar-refractivity contribution is 5.67. The van der Waals surface area contributed by atoms with Gasteiger partial charge in [-0.2, -0.15) is 0 Å². The lowest BCUT2D eigenvalue weighted by molar-refractivity contribution is 0.499. The molecule has 20 heavy (non-hydrogen) atoms. The second-order valence-corrected chi connectivity index (χ2v) is 4.61. The van der Waals surface area contributed by atoms with Crippen LogP contribution >= 0.6 is 0 Å². The predicted molar refractivity (Wildman–Crippen MR) is 78.1 cm³/mol. The van der Waals surface area contributed by atoms with Crippen molar-refractivity contribution in [3.63, 3.8) is 0 Å². The van der Waals surface area contributed by atoms with Crippen LogP contribution < -0.4 is 10.6 Å². The number of anilines is 2. The average Bonchev–Trinajstić information content (AvgIpc) is 2.46. The SMILES string of the molecule is CCN(c1ccccc1C)c1ccc(CN)c(F)c1F. The first-order valence-corrected chi connectivity index (χ1v) is 6.60. The molecule has 2 N–H and O–H groups in total. The summed E-state index contributed by atoms with van der Waals surface area (Å²) in [5.41, 5.74) is 7.69. The van der Waals surface area contributed by atoms with E-state index in [0.29, 0.717) is 6.54 Å². The van der Waals surface area contributed by atoms with E-state index in [0.717, 1.165) is 11.3 Å². The Bertz CT molecular complexity index is 611. The average molecular weight is 276 g/mol. The molecule has 0 bridgehead atoms. The summed E-state index contributed by atoms with van der Waals surface area (Å²) in [6, 6.07) is 10.8. The van der Waals surface area contributed by atoms with Crippen LogP contribution in [0.1, 0.15) is 18.1 Å². The fourth-order valence-corrected chi connectivity index (χ4v) is 2.28. The molecular weight excluding hydrogens is 258 g/mol. The van der Waals surface area contributed by atoms with Crippen molar-refractivity contribution < 1.29 is 8.78 Å². The number of benzene rings is 2. The Morgan fingerprint density at radius 1 is 1.00 bits per heavy atom. The number of nitrogens with zero attached hydrogens (tertiary/aromatic N) is 1. The van der Waals surface area contributed by atoms with Crippen molar-refractivity contribution in [2.24, 2.45) is 5.73 Å². The molecule has 2 nitrogen and oxygen atoms in total. The van der Waals surface area contributed by atoms with Crippen molar-refractivity contribution in [1.82, 2.24) is 0 Å². The highest BCUT2D eigenvalue weighted by Gasteiger charge is 2.18. The number of hydrogen-bond acceptors (Lipinski definition) is 2. The maximum Gasteiger partial charge on any atom is 0.182 e. The molecule has 0 aliphatic carbocycles. The van der Waals surface area contributed by atoms with Gasteiger partial charge in [0.1, 0.15) is 0 Å². The van der Waals surface area contributed by atoms with Crippen LogP contribution in [0.5, 0.6) is 0 Å². The Labute approximate surface area is 117 Å². The van der Waals surface area contributed by atoms with Gasteiger partial charge in [0.25, 0.3) is 0 Å². The summed E-state index contributed by atoms with van der Waals surface area (Å²) >= 11 is 0. The van der Waals surface area contributed by atoms with Gasteiger partial charge in [0.15, 0.2) is 11.6 Å². The highest BCUT2D eigenvalue weighted by Crippen LogP contribution is 2.31. The van der Waals surface area contributed by atoms with Crippen LogP contribution in [0.4, 0.5) is 20.2 Å². The lowest BCUT2D eigenvalue weighted by atomic mass is 10.1. The van der Waals surface area contributed by atoms with Crippen LogP contribution in [-0.4, -0.2) is 6.54 Å². The van der Waals surface area contributed by atoms with Gasteiger partial charge in [-0.1, -0.05) is 24.3 Å². The number of hydrogen-bond donors (Lipinski definition) is 1. The van der Waals surface area contributed by atoms with E-state index >= 15 is 0 Å². The van der Waals surface area contributed by atoms with Crippen LogP contribution in [0, 0.1) is 18.6 Å². The standard InChI is InChI=1S/C16H18F2N2/c1-3-20(13-7-5-4-6-11(13)2)14-9-8-12(10-19)15(17)16(14)18/h4-9H,3,10,19H2,1-2H3. The van der Waals surface area contributed by atoms with Gasteiger partial charge in [-0.3, -0.25) is 0 Å². The van der Waals surface area contributed by atoms with Crippen LogP contribution in [-0.2, 0) is 6.54 Å². The van der Waals surface area contributed by atoms with Crippen LogP contribution in [0.2, 0.25) is 0 Å². The lowest BCUT2D eigenvalue weighted by Crippen LogP contribution is -2.19. The summed E-state index contributed by atoms with van der Waals surface area (Å²) in [4.78, 5) is 1.76. The molecule has 2 rings (SSSR count). The lowest BCUT2D eigenvalue weighted by Gasteiger charge is -2.26. The van der Waals surface area contributed by atoms with Crippen LogP contribution in [0.15, 0.2) is 36.4 Å². The summed E-state index contributed by atoms with van der Waals surface area (Å²) < 4.78 is 28.1. The predicted octanol–water partition coefficient (Wildman–Crippen LogP) is 3.89. The summed E-state index contributed by atoms with van der Waals surface area (Å²) in [5.74, 6) is -1.71. The zero-order valence-electron chi connectivity index (χ0n) is 11.7. The highest BCUT2D eigenvalue weighted by atomic mass is 19.2. The largest absolute Gasteiger partial charge is 0.339 e. The Balaban J connectivity index is 2.54. The molecule has 0 atom stereocenters. The van der Waals surface area contributed by atoms with Gasteiger partial charge in [0.2, 0.25) is 0 Å². The van der Waals surface area contributed by atoms with Crippen molar-refractivity contribution in [3.8, 4) is 0 Å². The minimum Gasteiger partial charge on any atom is -0.339 e. The molecule has 0 aliphatic rings. The molecule has 0 saturated carbocycles. The summed E-state index contributed by atoms with van der Waals surface area (Å²) in [5, 5.41) is 0. The zero-order valence-corrected chi connectivity index (χ0v) is 11.7. The Kier molecular flexibility index (Phi) is 4.35. The van der Waals surface area contributed by atoms with E-state index < -0.39 is 11.6 Å². The molecule has 2 aromatic rings. The van der Waals surface area contributed by atoms with E-state index in [1.54, 1.807) is 11.0 Å². The number of halogens is 2. The van der Waals surface area contributed by atoms with Gasteiger partial charge in [0, 0.05) is 24.3 Å². The summed E-state index contributed by atoms with van der Waals surface area (Å²) in [6.45, 7) is 4.38. The van der Waals surface area contributed by atoms with E-state index in [4.69, 9.17) is 5.73 Å². The number of para-hydroxylation sites is 1. The molecule has 0 spiro atoms. The molecule has 0 aliphatic heterocycles. The Morgan fingerprint density at radius 2 is 1.70 bits per heavy atom. The normalized spacial score (nSPS) is 10.7. The summed E-state index contributed by atoms with van der Waals surface area (Å²) in [7, 11) is 0. The monoisotopic (exact) mass is 276 g/mol. The van der Waals surface area contributed by atoms with E-state index in [-0.39, 0.29) is 17.8 Å². The van der Waals surface area contributed by atoms with Gasteiger partial charge in [-0.05, 0) is 31.5 Å². The fourth-order valence-electron chi connectivity index (χ4n) is 2.28. The third kappa shape index (κ3) is 2.51. The Morgan fingerprint density at radius 3 is 2.30 bits per heavy atom. The molecule has 0 aromatic heterocycles. The topological polar surface area (TPSA) is 29.3 Å². The molecule has 0 radical (unpaired) electrons. The number of nitrogens with two attached hydrogens (primary N) is 1. The third-order valence-electron chi connectivity index (χ3n) is 3.38. The molecule has 0 saturated heterocycles. The van der Waals surface area contributed by atoms with Gasteiger partial charge in [0.05, 0.1) is 5.69 Å². The molecular formula is C16H18F2N2. The van der Waals surface area contributed by atoms with E-state index in [1.807, 2.05) is 38.1 Å². The van der Waals surface area contributed by atoms with Crippen LogP contribution in [0.3, 0.4) is 0 Å². The molecule has 0 heterocycles. The van der Waals surface area contributed by atoms with Crippen LogP contribution in [0.25, 0.3) is 0 Å². The van der Waals surface area contributed by atoms with Crippen molar-refractivity contribution in [1.29, 1.82) is 0 Å². The zero-order chi connectivity index (χ0) is 14.7. The molecule has 0 fully saturated rings. The second kappa shape index (κ2) is 6.01. The molecule has 106 valence electrons. The van der Waals surface area contributed by atoms with Gasteiger partial charge >= 0.3 is 0 Å². The van der Waals surface area contributed by atoms with Crippen molar-refractivity contribution in [2.45, 2.75) is 20.4 Å². The Hall–Kier alpha value is -1.94. The van der Waals surface area contributed by atoms with Gasteiger partial charge in [-0.25, -0.2) is 8.78 Å². The maximum atomic E-state index is 14.2. The first-order valence-electron chi connectivity index (χ1n) is 6.60. The van der Waals surface area contributed by atoms with Crippen molar-refractivity contribution in [3.05, 3.63) is 59.2 Å². The smallest absolute Gasteiger partial charge is 0.182 e. The number of rotatable bonds is 4. The van der Waals surface area contributed by atoms with E-state index in [1.165, 1.54) is 6.07 Å². The quantitative estimate of drug-likeness (QED) is 0.918. The first kappa shape index (κ1) is 14.5. The molecule has 4 heteroatoms. The van der Waals surface area contributed by atoms with E-state index in [9.17, 15) is 8.78 Å². The second-order valence-electron chi connectivity index (χ2n) is 4.61. The molecule has 2 aromatic carbocycles. The molecule has 0 unspecified atom stereocenters. The third-order valence-corrected chi connectivity index (χ3v) is 3.38. The minimum absolute atomic E-state index is 0.0144. The first-order chi connectivity index (χ1) is 9.60. The summed E-state index contributed by atoms with van der Waals surface area (Å²) in [6.07, 6.45) is 0. The number of aryl methyl sites for hydroxylation is 1. The van der Waals surface area contributed by atoms with Crippen molar-refractivity contribution >= 4 is 11.4 Å². The molecule has 0 amide bonds. The minimum atomic E-state index is -0.864. The fraction of sp³-hybridized carbons (Fsp3) is 0.250.